The average molecular weight is 210 g/mol. The molecule has 0 bridgehead atoms. The number of allylic oxidation sites excluding steroid dienone is 1. The van der Waals surface area contributed by atoms with Crippen molar-refractivity contribution in [3.05, 3.63) is 12.7 Å². The molecular weight excluding hydrogens is 180 g/mol. The van der Waals surface area contributed by atoms with Crippen LogP contribution in [0.5, 0.6) is 0 Å². The molecule has 0 N–H and O–H groups in total. The van der Waals surface area contributed by atoms with E-state index < -0.39 is 0 Å². The van der Waals surface area contributed by atoms with Crippen LogP contribution in [-0.2, 0) is 0 Å². The largest absolute Gasteiger partial charge is 0.103 e. The Morgan fingerprint density at radius 2 is 1.40 bits per heavy atom. The first kappa shape index (κ1) is 14.7. The van der Waals surface area contributed by atoms with E-state index in [-0.39, 0.29) is 0 Å². The topological polar surface area (TPSA) is 0 Å². The first-order chi connectivity index (χ1) is 7.35. The van der Waals surface area contributed by atoms with Crippen molar-refractivity contribution in [2.75, 3.05) is 0 Å². The van der Waals surface area contributed by atoms with Gasteiger partial charge in [0.25, 0.3) is 0 Å². The number of unbranched alkanes of at least 4 members (excludes halogenated alkanes) is 6. The van der Waals surface area contributed by atoms with Crippen molar-refractivity contribution in [3.8, 4) is 0 Å². The zero-order chi connectivity index (χ0) is 11.4. The third kappa shape index (κ3) is 10.0. The number of rotatable bonds is 11. The van der Waals surface area contributed by atoms with Crippen molar-refractivity contribution >= 4 is 0 Å². The Morgan fingerprint density at radius 3 is 1.93 bits per heavy atom. The van der Waals surface area contributed by atoms with Crippen LogP contribution in [0.4, 0.5) is 0 Å². The molecular formula is C15H30. The fraction of sp³-hybridized carbons (Fsp3) is 0.867. The summed E-state index contributed by atoms with van der Waals surface area (Å²) in [5.74, 6) is 0.783. The Kier molecular flexibility index (Phi) is 11.6. The average Bonchev–Trinajstić information content (AvgIpc) is 2.26. The van der Waals surface area contributed by atoms with Crippen LogP contribution in [0.15, 0.2) is 12.7 Å². The third-order valence-electron chi connectivity index (χ3n) is 3.17. The quantitative estimate of drug-likeness (QED) is 0.302. The molecule has 0 heteroatoms. The summed E-state index contributed by atoms with van der Waals surface area (Å²) in [5.41, 5.74) is 0. The smallest absolute Gasteiger partial charge is 0.0236 e. The highest BCUT2D eigenvalue weighted by Crippen LogP contribution is 2.17. The van der Waals surface area contributed by atoms with E-state index in [0.29, 0.717) is 0 Å². The predicted molar refractivity (Wildman–Crippen MR) is 71.2 cm³/mol. The lowest BCUT2D eigenvalue weighted by Gasteiger charge is -2.10. The van der Waals surface area contributed by atoms with Gasteiger partial charge in [0.05, 0.1) is 0 Å². The molecule has 0 aromatic heterocycles. The highest BCUT2D eigenvalue weighted by atomic mass is 14.1. The fourth-order valence-electron chi connectivity index (χ4n) is 2.11. The van der Waals surface area contributed by atoms with Gasteiger partial charge in [-0.3, -0.25) is 0 Å². The predicted octanol–water partition coefficient (Wildman–Crippen LogP) is 5.73. The minimum absolute atomic E-state index is 0.783. The van der Waals surface area contributed by atoms with Crippen molar-refractivity contribution in [1.29, 1.82) is 0 Å². The minimum Gasteiger partial charge on any atom is -0.103 e. The summed E-state index contributed by atoms with van der Waals surface area (Å²) in [5, 5.41) is 0. The summed E-state index contributed by atoms with van der Waals surface area (Å²) in [6.45, 7) is 8.46. The summed E-state index contributed by atoms with van der Waals surface area (Å²) in [6, 6.07) is 0. The molecule has 0 rings (SSSR count). The van der Waals surface area contributed by atoms with Crippen LogP contribution in [0.1, 0.15) is 78.1 Å². The van der Waals surface area contributed by atoms with Gasteiger partial charge in [0.15, 0.2) is 0 Å². The third-order valence-corrected chi connectivity index (χ3v) is 3.17. The first-order valence-electron chi connectivity index (χ1n) is 6.97. The van der Waals surface area contributed by atoms with Gasteiger partial charge in [0.2, 0.25) is 0 Å². The second-order valence-electron chi connectivity index (χ2n) is 4.69. The molecule has 90 valence electrons. The van der Waals surface area contributed by atoms with E-state index >= 15 is 0 Å². The Balaban J connectivity index is 3.17. The second-order valence-corrected chi connectivity index (χ2v) is 4.69. The zero-order valence-corrected chi connectivity index (χ0v) is 10.9. The lowest BCUT2D eigenvalue weighted by molar-refractivity contribution is 0.488. The number of hydrogen-bond donors (Lipinski definition) is 0. The van der Waals surface area contributed by atoms with E-state index in [4.69, 9.17) is 0 Å². The lowest BCUT2D eigenvalue weighted by Crippen LogP contribution is -1.95. The lowest BCUT2D eigenvalue weighted by atomic mass is 9.96. The molecule has 0 aromatic rings. The Hall–Kier alpha value is -0.260. The van der Waals surface area contributed by atoms with Crippen LogP contribution in [0.25, 0.3) is 0 Å². The van der Waals surface area contributed by atoms with Crippen LogP contribution in [-0.4, -0.2) is 0 Å². The van der Waals surface area contributed by atoms with Crippen molar-refractivity contribution in [2.24, 2.45) is 5.92 Å². The molecule has 0 radical (unpaired) electrons. The SMILES string of the molecule is C=CC(CCC)CCCCCCCCC. The van der Waals surface area contributed by atoms with E-state index in [2.05, 4.69) is 26.5 Å². The van der Waals surface area contributed by atoms with Gasteiger partial charge in [0, 0.05) is 0 Å². The molecule has 0 aliphatic rings. The zero-order valence-electron chi connectivity index (χ0n) is 10.9. The molecule has 0 saturated carbocycles. The summed E-state index contributed by atoms with van der Waals surface area (Å²) >= 11 is 0. The van der Waals surface area contributed by atoms with Gasteiger partial charge in [-0.1, -0.05) is 71.3 Å². The van der Waals surface area contributed by atoms with Crippen LogP contribution in [0.2, 0.25) is 0 Å². The monoisotopic (exact) mass is 210 g/mol. The highest BCUT2D eigenvalue weighted by molar-refractivity contribution is 4.78. The molecule has 0 nitrogen and oxygen atoms in total. The van der Waals surface area contributed by atoms with Gasteiger partial charge in [-0.05, 0) is 18.8 Å². The van der Waals surface area contributed by atoms with Gasteiger partial charge < -0.3 is 0 Å². The van der Waals surface area contributed by atoms with Crippen molar-refractivity contribution in [1.82, 2.24) is 0 Å². The van der Waals surface area contributed by atoms with Gasteiger partial charge in [-0.25, -0.2) is 0 Å². The van der Waals surface area contributed by atoms with E-state index in [1.165, 1.54) is 64.2 Å². The summed E-state index contributed by atoms with van der Waals surface area (Å²) in [6.07, 6.45) is 16.1. The molecule has 0 aliphatic carbocycles. The summed E-state index contributed by atoms with van der Waals surface area (Å²) < 4.78 is 0. The maximum absolute atomic E-state index is 3.92. The van der Waals surface area contributed by atoms with E-state index in [9.17, 15) is 0 Å². The Morgan fingerprint density at radius 1 is 0.800 bits per heavy atom. The van der Waals surface area contributed by atoms with E-state index in [0.717, 1.165) is 5.92 Å². The molecule has 15 heavy (non-hydrogen) atoms. The molecule has 0 aliphatic heterocycles. The number of hydrogen-bond acceptors (Lipinski definition) is 0. The maximum atomic E-state index is 3.92. The van der Waals surface area contributed by atoms with Gasteiger partial charge in [0.1, 0.15) is 0 Å². The van der Waals surface area contributed by atoms with Crippen LogP contribution >= 0.6 is 0 Å². The first-order valence-corrected chi connectivity index (χ1v) is 6.97. The van der Waals surface area contributed by atoms with Crippen LogP contribution < -0.4 is 0 Å². The molecule has 0 heterocycles. The molecule has 1 unspecified atom stereocenters. The van der Waals surface area contributed by atoms with Crippen molar-refractivity contribution in [2.45, 2.75) is 78.1 Å². The normalized spacial score (nSPS) is 12.7. The summed E-state index contributed by atoms with van der Waals surface area (Å²) in [4.78, 5) is 0. The van der Waals surface area contributed by atoms with Crippen LogP contribution in [0, 0.1) is 5.92 Å². The van der Waals surface area contributed by atoms with Gasteiger partial charge >= 0.3 is 0 Å². The molecule has 0 amide bonds. The van der Waals surface area contributed by atoms with Crippen molar-refractivity contribution < 1.29 is 0 Å². The minimum atomic E-state index is 0.783. The van der Waals surface area contributed by atoms with Crippen LogP contribution in [0.3, 0.4) is 0 Å². The summed E-state index contributed by atoms with van der Waals surface area (Å²) in [7, 11) is 0. The van der Waals surface area contributed by atoms with Crippen molar-refractivity contribution in [3.63, 3.8) is 0 Å². The molecule has 0 aromatic carbocycles. The Bertz CT molecular complexity index is 126. The Labute approximate surface area is 97.2 Å². The van der Waals surface area contributed by atoms with Gasteiger partial charge in [-0.15, -0.1) is 6.58 Å². The second kappa shape index (κ2) is 11.8. The molecule has 0 spiro atoms. The highest BCUT2D eigenvalue weighted by Gasteiger charge is 2.01. The standard InChI is InChI=1S/C15H30/c1-4-7-8-9-10-11-12-14-15(6-3)13-5-2/h6,15H,3-5,7-14H2,1-2H3. The van der Waals surface area contributed by atoms with E-state index in [1.54, 1.807) is 0 Å². The van der Waals surface area contributed by atoms with Gasteiger partial charge in [-0.2, -0.15) is 0 Å². The fourth-order valence-corrected chi connectivity index (χ4v) is 2.11. The maximum Gasteiger partial charge on any atom is -0.0236 e. The molecule has 0 fully saturated rings. The van der Waals surface area contributed by atoms with E-state index in [1.807, 2.05) is 0 Å². The molecule has 0 saturated heterocycles. The molecule has 1 atom stereocenters.